The fourth-order valence-electron chi connectivity index (χ4n) is 0.357. The molecule has 10 heavy (non-hydrogen) atoms. The van der Waals surface area contributed by atoms with Crippen molar-refractivity contribution in [3.8, 4) is 0 Å². The van der Waals surface area contributed by atoms with Crippen LogP contribution in [0.5, 0.6) is 0 Å². The maximum atomic E-state index is 9.67. The van der Waals surface area contributed by atoms with Gasteiger partial charge in [-0.25, -0.2) is 4.79 Å². The van der Waals surface area contributed by atoms with Gasteiger partial charge >= 0.3 is 6.47 Å². The molecule has 1 atom stereocenters. The van der Waals surface area contributed by atoms with Crippen molar-refractivity contribution in [2.24, 2.45) is 0 Å². The highest BCUT2D eigenvalue weighted by atomic mass is 35.5. The molecule has 0 spiro atoms. The Hall–Kier alpha value is 0.340. The average Bonchev–Trinajstić information content (AvgIpc) is 1.86. The predicted octanol–water partition coefficient (Wildman–Crippen LogP) is 2.22. The minimum absolute atomic E-state index is 0.510. The SMILES string of the molecule is CCC(Cl)C(Cl)(Cl)O[C]=O. The molecule has 0 rings (SSSR count). The minimum Gasteiger partial charge on any atom is -0.419 e. The lowest BCUT2D eigenvalue weighted by molar-refractivity contribution is 0.204. The van der Waals surface area contributed by atoms with Gasteiger partial charge in [0.05, 0.1) is 0 Å². The van der Waals surface area contributed by atoms with E-state index in [2.05, 4.69) is 4.74 Å². The van der Waals surface area contributed by atoms with Gasteiger partial charge in [-0.15, -0.1) is 11.6 Å². The summed E-state index contributed by atoms with van der Waals surface area (Å²) in [4.78, 5) is 9.67. The summed E-state index contributed by atoms with van der Waals surface area (Å²) in [6.07, 6.45) is 0.510. The van der Waals surface area contributed by atoms with Gasteiger partial charge in [-0.05, 0) is 6.42 Å². The second-order valence-electron chi connectivity index (χ2n) is 1.62. The molecular weight excluding hydrogens is 198 g/mol. The summed E-state index contributed by atoms with van der Waals surface area (Å²) in [5, 5.41) is -0.614. The summed E-state index contributed by atoms with van der Waals surface area (Å²) in [5.41, 5.74) is 0. The molecule has 0 saturated heterocycles. The first-order chi connectivity index (χ1) is 4.54. The van der Waals surface area contributed by atoms with Crippen LogP contribution in [0.4, 0.5) is 0 Å². The van der Waals surface area contributed by atoms with Gasteiger partial charge < -0.3 is 4.74 Å². The molecule has 1 radical (unpaired) electrons. The highest BCUT2D eigenvalue weighted by molar-refractivity contribution is 6.51. The zero-order valence-electron chi connectivity index (χ0n) is 5.23. The van der Waals surface area contributed by atoms with Crippen LogP contribution in [-0.4, -0.2) is 16.4 Å². The lowest BCUT2D eigenvalue weighted by Gasteiger charge is -2.20. The van der Waals surface area contributed by atoms with Crippen molar-refractivity contribution in [1.29, 1.82) is 0 Å². The van der Waals surface area contributed by atoms with Crippen LogP contribution in [0.1, 0.15) is 13.3 Å². The first-order valence-electron chi connectivity index (χ1n) is 2.61. The minimum atomic E-state index is -1.65. The molecular formula is C5H6Cl3O2. The van der Waals surface area contributed by atoms with Gasteiger partial charge in [0.1, 0.15) is 5.38 Å². The van der Waals surface area contributed by atoms with E-state index in [1.807, 2.05) is 0 Å². The van der Waals surface area contributed by atoms with E-state index in [1.54, 1.807) is 6.92 Å². The zero-order valence-corrected chi connectivity index (χ0v) is 7.50. The molecule has 1 unspecified atom stereocenters. The molecule has 59 valence electrons. The number of carbonyl (C=O) groups excluding carboxylic acids is 1. The van der Waals surface area contributed by atoms with Crippen LogP contribution in [0.15, 0.2) is 0 Å². The van der Waals surface area contributed by atoms with Gasteiger partial charge in [0.15, 0.2) is 0 Å². The Bertz CT molecular complexity index is 115. The Labute approximate surface area is 74.4 Å². The van der Waals surface area contributed by atoms with E-state index in [1.165, 1.54) is 0 Å². The van der Waals surface area contributed by atoms with E-state index >= 15 is 0 Å². The molecule has 5 heteroatoms. The van der Waals surface area contributed by atoms with Crippen LogP contribution in [0, 0.1) is 0 Å². The molecule has 0 aromatic carbocycles. The Kier molecular flexibility index (Phi) is 4.41. The van der Waals surface area contributed by atoms with Crippen molar-refractivity contribution < 1.29 is 9.53 Å². The molecule has 0 aromatic heterocycles. The Morgan fingerprint density at radius 1 is 1.70 bits per heavy atom. The summed E-state index contributed by atoms with van der Waals surface area (Å²) < 4.78 is 2.52. The topological polar surface area (TPSA) is 26.3 Å². The predicted molar refractivity (Wildman–Crippen MR) is 41.1 cm³/mol. The van der Waals surface area contributed by atoms with Crippen molar-refractivity contribution in [2.75, 3.05) is 0 Å². The monoisotopic (exact) mass is 203 g/mol. The van der Waals surface area contributed by atoms with Crippen LogP contribution in [0.3, 0.4) is 0 Å². The number of hydrogen-bond donors (Lipinski definition) is 0. The largest absolute Gasteiger partial charge is 0.420 e. The summed E-state index contributed by atoms with van der Waals surface area (Å²) in [6, 6.07) is 0. The second kappa shape index (κ2) is 4.27. The lowest BCUT2D eigenvalue weighted by Crippen LogP contribution is -2.28. The molecule has 0 amide bonds. The molecule has 0 aliphatic rings. The quantitative estimate of drug-likeness (QED) is 0.657. The highest BCUT2D eigenvalue weighted by Gasteiger charge is 2.34. The molecule has 0 saturated carbocycles. The fourth-order valence-corrected chi connectivity index (χ4v) is 0.773. The summed E-state index contributed by atoms with van der Waals surface area (Å²) in [6.45, 7) is 2.89. The van der Waals surface area contributed by atoms with Crippen LogP contribution in [0.2, 0.25) is 0 Å². The Morgan fingerprint density at radius 3 is 2.50 bits per heavy atom. The lowest BCUT2D eigenvalue weighted by atomic mass is 10.3. The van der Waals surface area contributed by atoms with Crippen molar-refractivity contribution >= 4 is 41.3 Å². The third-order valence-corrected chi connectivity index (χ3v) is 2.42. The average molecular weight is 204 g/mol. The fraction of sp³-hybridized carbons (Fsp3) is 0.800. The number of halogens is 3. The number of alkyl halides is 3. The van der Waals surface area contributed by atoms with Crippen molar-refractivity contribution in [3.05, 3.63) is 0 Å². The molecule has 0 fully saturated rings. The first kappa shape index (κ1) is 10.3. The third kappa shape index (κ3) is 2.95. The van der Waals surface area contributed by atoms with Gasteiger partial charge in [-0.3, -0.25) is 0 Å². The Balaban J connectivity index is 3.94. The standard InChI is InChI=1S/C5H6Cl3O2/c1-2-4(6)5(7,8)10-3-9/h4H,2H2,1H3. The molecule has 0 aliphatic heterocycles. The maximum absolute atomic E-state index is 9.67. The summed E-state index contributed by atoms with van der Waals surface area (Å²) in [7, 11) is 0. The van der Waals surface area contributed by atoms with Crippen molar-refractivity contribution in [1.82, 2.24) is 0 Å². The van der Waals surface area contributed by atoms with Crippen LogP contribution in [0.25, 0.3) is 0 Å². The third-order valence-electron chi connectivity index (χ3n) is 0.901. The van der Waals surface area contributed by atoms with Crippen molar-refractivity contribution in [2.45, 2.75) is 23.2 Å². The Morgan fingerprint density at radius 2 is 2.20 bits per heavy atom. The number of ether oxygens (including phenoxy) is 1. The van der Waals surface area contributed by atoms with E-state index in [9.17, 15) is 4.79 Å². The smallest absolute Gasteiger partial charge is 0.419 e. The van der Waals surface area contributed by atoms with E-state index in [4.69, 9.17) is 34.8 Å². The normalized spacial score (nSPS) is 14.4. The van der Waals surface area contributed by atoms with E-state index < -0.39 is 9.90 Å². The molecule has 0 heterocycles. The van der Waals surface area contributed by atoms with Crippen LogP contribution < -0.4 is 0 Å². The van der Waals surface area contributed by atoms with Crippen LogP contribution in [-0.2, 0) is 9.53 Å². The molecule has 0 N–H and O–H groups in total. The maximum Gasteiger partial charge on any atom is 0.420 e. The molecule has 2 nitrogen and oxygen atoms in total. The van der Waals surface area contributed by atoms with E-state index in [0.717, 1.165) is 6.47 Å². The van der Waals surface area contributed by atoms with Gasteiger partial charge in [0, 0.05) is 0 Å². The molecule has 0 aromatic rings. The van der Waals surface area contributed by atoms with Gasteiger partial charge in [0.2, 0.25) is 0 Å². The summed E-state index contributed by atoms with van der Waals surface area (Å²) >= 11 is 16.4. The van der Waals surface area contributed by atoms with E-state index in [-0.39, 0.29) is 0 Å². The zero-order chi connectivity index (χ0) is 8.20. The highest BCUT2D eigenvalue weighted by Crippen LogP contribution is 2.31. The van der Waals surface area contributed by atoms with E-state index in [0.29, 0.717) is 6.42 Å². The first-order valence-corrected chi connectivity index (χ1v) is 3.80. The second-order valence-corrected chi connectivity index (χ2v) is 3.47. The van der Waals surface area contributed by atoms with Gasteiger partial charge in [-0.1, -0.05) is 30.1 Å². The molecule has 0 bridgehead atoms. The van der Waals surface area contributed by atoms with Crippen LogP contribution >= 0.6 is 34.8 Å². The number of hydrogen-bond acceptors (Lipinski definition) is 2. The summed E-state index contributed by atoms with van der Waals surface area (Å²) in [5.74, 6) is 0. The molecule has 0 aliphatic carbocycles. The number of rotatable bonds is 4. The van der Waals surface area contributed by atoms with Gasteiger partial charge in [-0.2, -0.15) is 0 Å². The van der Waals surface area contributed by atoms with Gasteiger partial charge in [0.25, 0.3) is 4.52 Å². The van der Waals surface area contributed by atoms with Crippen molar-refractivity contribution in [3.63, 3.8) is 0 Å².